The van der Waals surface area contributed by atoms with Crippen LogP contribution in [0.3, 0.4) is 0 Å². The Balaban J connectivity index is 0.00000185. The number of benzene rings is 6. The minimum Gasteiger partial charge on any atom is -0.358 e. The summed E-state index contributed by atoms with van der Waals surface area (Å²) in [6.07, 6.45) is 0. The second-order valence-corrected chi connectivity index (χ2v) is 9.11. The number of anilines is 6. The molecule has 0 saturated heterocycles. The fraction of sp³-hybridized carbons (Fsp3) is 0. The van der Waals surface area contributed by atoms with E-state index in [1.165, 1.54) is 11.1 Å². The molecule has 0 saturated carbocycles. The molecule has 0 aliphatic carbocycles. The maximum Gasteiger partial charge on any atom is 0.0462 e. The molecule has 207 valence electrons. The van der Waals surface area contributed by atoms with Gasteiger partial charge in [0.2, 0.25) is 0 Å². The van der Waals surface area contributed by atoms with Gasteiger partial charge in [0.25, 0.3) is 0 Å². The minimum absolute atomic E-state index is 0. The summed E-state index contributed by atoms with van der Waals surface area (Å²) in [5.41, 5.74) is 9.18. The Hall–Kier alpha value is -1.77. The van der Waals surface area contributed by atoms with Gasteiger partial charge in [-0.1, -0.05) is 97.1 Å². The summed E-state index contributed by atoms with van der Waals surface area (Å²) in [7, 11) is 0. The van der Waals surface area contributed by atoms with Crippen molar-refractivity contribution in [1.82, 2.24) is 0 Å². The van der Waals surface area contributed by atoms with Crippen LogP contribution in [0.1, 0.15) is 0 Å². The van der Waals surface area contributed by atoms with Crippen molar-refractivity contribution in [2.24, 2.45) is 0 Å². The molecule has 3 radical (unpaired) electrons. The molecule has 2 nitrogen and oxygen atoms in total. The topological polar surface area (TPSA) is 6.48 Å². The van der Waals surface area contributed by atoms with Crippen molar-refractivity contribution in [3.8, 4) is 11.1 Å². The Kier molecular flexibility index (Phi) is 17.9. The summed E-state index contributed by atoms with van der Waals surface area (Å²) in [6.45, 7) is 0. The summed E-state index contributed by atoms with van der Waals surface area (Å²) in [5, 5.41) is 0. The first-order valence-electron chi connectivity index (χ1n) is 12.9. The van der Waals surface area contributed by atoms with Crippen LogP contribution in [-0.4, -0.2) is 0 Å². The Labute approximate surface area is 333 Å². The van der Waals surface area contributed by atoms with E-state index in [9.17, 15) is 0 Å². The number of nitrogens with zero attached hydrogens (tertiary/aromatic N) is 2. The first-order chi connectivity index (χ1) is 18.9. The van der Waals surface area contributed by atoms with Crippen LogP contribution < -0.4 is 9.80 Å². The molecule has 0 aliphatic heterocycles. The predicted molar refractivity (Wildman–Crippen MR) is 174 cm³/mol. The average molecular weight is 785 g/mol. The molecule has 0 unspecified atom stereocenters. The standard InChI is InChI=1S/C36H28N2.2CH3.3Y/c1-5-13-31(14-6-1)37(32-15-7-2-8-16-32)35-25-21-29(22-26-35)30-23-27-36(28-24-30)38(33-17-9-3-10-18-33)34-19-11-4-12-20-34;;;;;/h1-28H;2*1H3;;;/q;2*-1;;;. The Bertz CT molecular complexity index is 1380. The van der Waals surface area contributed by atoms with E-state index in [1.54, 1.807) is 0 Å². The molecule has 0 amide bonds. The summed E-state index contributed by atoms with van der Waals surface area (Å²) >= 11 is 0. The smallest absolute Gasteiger partial charge is 0.0462 e. The number of para-hydroxylation sites is 4. The molecule has 0 heterocycles. The molecular weight excluding hydrogens is 751 g/mol. The van der Waals surface area contributed by atoms with Gasteiger partial charge in [0.05, 0.1) is 0 Å². The van der Waals surface area contributed by atoms with Crippen LogP contribution in [0.15, 0.2) is 170 Å². The molecule has 0 N–H and O–H groups in total. The van der Waals surface area contributed by atoms with Crippen LogP contribution in [0.4, 0.5) is 34.1 Å². The molecular formula is C38H34N2Y3-2. The van der Waals surface area contributed by atoms with Crippen molar-refractivity contribution < 1.29 is 98.1 Å². The van der Waals surface area contributed by atoms with Crippen molar-refractivity contribution in [3.05, 3.63) is 185 Å². The van der Waals surface area contributed by atoms with Gasteiger partial charge in [0.1, 0.15) is 0 Å². The van der Waals surface area contributed by atoms with Crippen LogP contribution >= 0.6 is 0 Å². The molecule has 0 aliphatic rings. The SMILES string of the molecule is [CH3-].[CH3-].[Y].[Y].[Y].c1ccc(N(c2ccccc2)c2ccc(-c3ccc(N(c4ccccc4)c4ccccc4)cc3)cc2)cc1. The van der Waals surface area contributed by atoms with Gasteiger partial charge in [-0.2, -0.15) is 0 Å². The minimum atomic E-state index is 0. The predicted octanol–water partition coefficient (Wildman–Crippen LogP) is 11.2. The van der Waals surface area contributed by atoms with Crippen molar-refractivity contribution in [3.63, 3.8) is 0 Å². The number of hydrogen-bond acceptors (Lipinski definition) is 2. The van der Waals surface area contributed by atoms with E-state index in [4.69, 9.17) is 0 Å². The average Bonchev–Trinajstić information content (AvgIpc) is 3.00. The third-order valence-corrected chi connectivity index (χ3v) is 6.64. The van der Waals surface area contributed by atoms with Gasteiger partial charge in [-0.05, 0) is 83.9 Å². The number of hydrogen-bond donors (Lipinski definition) is 0. The molecule has 6 aromatic carbocycles. The normalized spacial score (nSPS) is 9.40. The van der Waals surface area contributed by atoms with E-state index in [2.05, 4.69) is 180 Å². The van der Waals surface area contributed by atoms with Crippen molar-refractivity contribution in [2.75, 3.05) is 9.80 Å². The van der Waals surface area contributed by atoms with Gasteiger partial charge in [-0.15, -0.1) is 0 Å². The van der Waals surface area contributed by atoms with E-state index in [-0.39, 0.29) is 113 Å². The maximum atomic E-state index is 2.28. The fourth-order valence-corrected chi connectivity index (χ4v) is 4.81. The van der Waals surface area contributed by atoms with Gasteiger partial charge in [0, 0.05) is 132 Å². The first-order valence-corrected chi connectivity index (χ1v) is 12.9. The maximum absolute atomic E-state index is 2.28. The molecule has 0 aromatic heterocycles. The van der Waals surface area contributed by atoms with Gasteiger partial charge < -0.3 is 24.7 Å². The van der Waals surface area contributed by atoms with Crippen molar-refractivity contribution >= 4 is 34.1 Å². The van der Waals surface area contributed by atoms with Gasteiger partial charge in [-0.25, -0.2) is 0 Å². The van der Waals surface area contributed by atoms with Crippen LogP contribution in [-0.2, 0) is 98.1 Å². The Morgan fingerprint density at radius 2 is 0.419 bits per heavy atom. The molecule has 0 fully saturated rings. The van der Waals surface area contributed by atoms with E-state index >= 15 is 0 Å². The Morgan fingerprint density at radius 3 is 0.628 bits per heavy atom. The van der Waals surface area contributed by atoms with Crippen LogP contribution in [0.25, 0.3) is 11.1 Å². The second-order valence-electron chi connectivity index (χ2n) is 9.11. The van der Waals surface area contributed by atoms with E-state index in [0.29, 0.717) is 0 Å². The number of rotatable bonds is 7. The van der Waals surface area contributed by atoms with Gasteiger partial charge >= 0.3 is 0 Å². The summed E-state index contributed by atoms with van der Waals surface area (Å²) in [6, 6.07) is 59.6. The quantitative estimate of drug-likeness (QED) is 0.149. The summed E-state index contributed by atoms with van der Waals surface area (Å²) in [5.74, 6) is 0. The molecule has 6 rings (SSSR count). The summed E-state index contributed by atoms with van der Waals surface area (Å²) in [4.78, 5) is 4.56. The summed E-state index contributed by atoms with van der Waals surface area (Å²) < 4.78 is 0. The third kappa shape index (κ3) is 9.61. The van der Waals surface area contributed by atoms with Crippen LogP contribution in [0.5, 0.6) is 0 Å². The molecule has 6 aromatic rings. The zero-order valence-electron chi connectivity index (χ0n) is 24.8. The van der Waals surface area contributed by atoms with E-state index in [1.807, 2.05) is 0 Å². The monoisotopic (exact) mass is 785 g/mol. The second kappa shape index (κ2) is 19.6. The molecule has 5 heteroatoms. The largest absolute Gasteiger partial charge is 0.358 e. The van der Waals surface area contributed by atoms with Crippen molar-refractivity contribution in [1.29, 1.82) is 0 Å². The van der Waals surface area contributed by atoms with Gasteiger partial charge in [-0.3, -0.25) is 0 Å². The van der Waals surface area contributed by atoms with E-state index in [0.717, 1.165) is 34.1 Å². The first kappa shape index (κ1) is 39.3. The van der Waals surface area contributed by atoms with Gasteiger partial charge in [0.15, 0.2) is 0 Å². The Morgan fingerprint density at radius 1 is 0.233 bits per heavy atom. The van der Waals surface area contributed by atoms with Crippen molar-refractivity contribution in [2.45, 2.75) is 0 Å². The van der Waals surface area contributed by atoms with E-state index < -0.39 is 0 Å². The molecule has 43 heavy (non-hydrogen) atoms. The third-order valence-electron chi connectivity index (χ3n) is 6.64. The molecule has 0 atom stereocenters. The zero-order chi connectivity index (χ0) is 25.6. The van der Waals surface area contributed by atoms with Crippen LogP contribution in [0.2, 0.25) is 0 Å². The molecule has 0 bridgehead atoms. The zero-order valence-corrected chi connectivity index (χ0v) is 33.3. The van der Waals surface area contributed by atoms with Crippen LogP contribution in [0, 0.1) is 14.9 Å². The fourth-order valence-electron chi connectivity index (χ4n) is 4.81. The molecule has 0 spiro atoms.